The minimum absolute atomic E-state index is 0.806. The van der Waals surface area contributed by atoms with Gasteiger partial charge < -0.3 is 0 Å². The van der Waals surface area contributed by atoms with Gasteiger partial charge in [0.15, 0.2) is 5.82 Å². The van der Waals surface area contributed by atoms with Crippen LogP contribution in [0.2, 0.25) is 13.1 Å². The predicted molar refractivity (Wildman–Crippen MR) is 141 cm³/mol. The fraction of sp³-hybridized carbons (Fsp3) is 0.0667. The molecular formula is C30H24N2Si. The van der Waals surface area contributed by atoms with Gasteiger partial charge in [0, 0.05) is 22.0 Å². The van der Waals surface area contributed by atoms with Crippen molar-refractivity contribution in [2.75, 3.05) is 0 Å². The van der Waals surface area contributed by atoms with E-state index in [0.29, 0.717) is 0 Å². The highest BCUT2D eigenvalue weighted by Crippen LogP contribution is 2.37. The van der Waals surface area contributed by atoms with Gasteiger partial charge in [0.25, 0.3) is 0 Å². The first-order chi connectivity index (χ1) is 16.1. The lowest BCUT2D eigenvalue weighted by Gasteiger charge is -2.19. The zero-order chi connectivity index (χ0) is 22.4. The van der Waals surface area contributed by atoms with E-state index in [2.05, 4.69) is 122 Å². The molecule has 0 unspecified atom stereocenters. The smallest absolute Gasteiger partial charge is 0.160 e. The monoisotopic (exact) mass is 440 g/mol. The van der Waals surface area contributed by atoms with Crippen LogP contribution in [0.5, 0.6) is 0 Å². The number of rotatable bonds is 3. The molecule has 0 amide bonds. The SMILES string of the molecule is C[Si]1(C)c2ccccc2-c2c(-c3ccccc3)nc(-c3ccccc3-c3ccccc3)nc21. The average molecular weight is 441 g/mol. The Hall–Kier alpha value is -3.82. The van der Waals surface area contributed by atoms with Crippen molar-refractivity contribution >= 4 is 18.6 Å². The molecule has 0 spiro atoms. The Labute approximate surface area is 195 Å². The third kappa shape index (κ3) is 3.16. The Morgan fingerprint density at radius 3 is 1.76 bits per heavy atom. The number of nitrogens with zero attached hydrogens (tertiary/aromatic N) is 2. The summed E-state index contributed by atoms with van der Waals surface area (Å²) in [5, 5.41) is 2.68. The molecule has 0 radical (unpaired) electrons. The van der Waals surface area contributed by atoms with Gasteiger partial charge in [0.05, 0.1) is 5.69 Å². The van der Waals surface area contributed by atoms with Gasteiger partial charge in [-0.3, -0.25) is 0 Å². The molecule has 2 nitrogen and oxygen atoms in total. The summed E-state index contributed by atoms with van der Waals surface area (Å²) in [6.07, 6.45) is 0. The molecule has 2 heterocycles. The first kappa shape index (κ1) is 19.8. The molecule has 0 bridgehead atoms. The van der Waals surface area contributed by atoms with Crippen LogP contribution >= 0.6 is 0 Å². The summed E-state index contributed by atoms with van der Waals surface area (Å²) in [6.45, 7) is 4.82. The third-order valence-electron chi connectivity index (χ3n) is 6.67. The van der Waals surface area contributed by atoms with E-state index >= 15 is 0 Å². The van der Waals surface area contributed by atoms with Crippen LogP contribution in [0.15, 0.2) is 109 Å². The van der Waals surface area contributed by atoms with Gasteiger partial charge in [-0.2, -0.15) is 0 Å². The highest BCUT2D eigenvalue weighted by atomic mass is 28.3. The molecule has 3 heteroatoms. The van der Waals surface area contributed by atoms with Gasteiger partial charge in [0.1, 0.15) is 8.07 Å². The number of aromatic nitrogens is 2. The second-order valence-corrected chi connectivity index (χ2v) is 13.3. The van der Waals surface area contributed by atoms with E-state index in [9.17, 15) is 0 Å². The van der Waals surface area contributed by atoms with Gasteiger partial charge >= 0.3 is 0 Å². The van der Waals surface area contributed by atoms with Crippen molar-refractivity contribution in [2.24, 2.45) is 0 Å². The van der Waals surface area contributed by atoms with Gasteiger partial charge in [-0.25, -0.2) is 9.97 Å². The minimum atomic E-state index is -1.96. The van der Waals surface area contributed by atoms with E-state index in [1.165, 1.54) is 27.2 Å². The zero-order valence-electron chi connectivity index (χ0n) is 18.8. The first-order valence-corrected chi connectivity index (χ1v) is 14.4. The summed E-state index contributed by atoms with van der Waals surface area (Å²) in [6, 6.07) is 38.4. The van der Waals surface area contributed by atoms with Gasteiger partial charge in [-0.1, -0.05) is 122 Å². The summed E-state index contributed by atoms with van der Waals surface area (Å²) in [4.78, 5) is 10.6. The van der Waals surface area contributed by atoms with E-state index in [4.69, 9.17) is 9.97 Å². The van der Waals surface area contributed by atoms with E-state index < -0.39 is 8.07 Å². The molecular weight excluding hydrogens is 416 g/mol. The fourth-order valence-electron chi connectivity index (χ4n) is 5.01. The predicted octanol–water partition coefficient (Wildman–Crippen LogP) is 6.28. The Morgan fingerprint density at radius 2 is 1.06 bits per heavy atom. The van der Waals surface area contributed by atoms with Crippen molar-refractivity contribution in [3.05, 3.63) is 109 Å². The number of hydrogen-bond acceptors (Lipinski definition) is 2. The first-order valence-electron chi connectivity index (χ1n) is 11.4. The normalized spacial score (nSPS) is 13.4. The Kier molecular flexibility index (Phi) is 4.59. The number of benzene rings is 4. The maximum absolute atomic E-state index is 5.31. The van der Waals surface area contributed by atoms with Crippen LogP contribution in [0.1, 0.15) is 0 Å². The Balaban J connectivity index is 1.67. The van der Waals surface area contributed by atoms with Crippen molar-refractivity contribution in [3.63, 3.8) is 0 Å². The second-order valence-electron chi connectivity index (χ2n) is 9.07. The molecule has 5 aromatic rings. The highest BCUT2D eigenvalue weighted by molar-refractivity contribution is 7.03. The molecule has 0 saturated heterocycles. The molecule has 0 saturated carbocycles. The lowest BCUT2D eigenvalue weighted by Crippen LogP contribution is -2.50. The molecule has 0 atom stereocenters. The molecule has 1 aliphatic heterocycles. The Morgan fingerprint density at radius 1 is 0.515 bits per heavy atom. The summed E-state index contributed by atoms with van der Waals surface area (Å²) in [5.41, 5.74) is 8.09. The van der Waals surface area contributed by atoms with E-state index in [1.54, 1.807) is 0 Å². The molecule has 0 fully saturated rings. The average Bonchev–Trinajstić information content (AvgIpc) is 3.11. The summed E-state index contributed by atoms with van der Waals surface area (Å²) in [7, 11) is -1.96. The largest absolute Gasteiger partial charge is 0.237 e. The molecule has 6 rings (SSSR count). The van der Waals surface area contributed by atoms with Crippen LogP contribution in [-0.4, -0.2) is 18.0 Å². The topological polar surface area (TPSA) is 25.8 Å². The van der Waals surface area contributed by atoms with Crippen molar-refractivity contribution in [1.82, 2.24) is 9.97 Å². The van der Waals surface area contributed by atoms with E-state index in [-0.39, 0.29) is 0 Å². The van der Waals surface area contributed by atoms with Crippen molar-refractivity contribution in [1.29, 1.82) is 0 Å². The lowest BCUT2D eigenvalue weighted by molar-refractivity contribution is 1.21. The molecule has 158 valence electrons. The molecule has 0 aliphatic carbocycles. The third-order valence-corrected chi connectivity index (χ3v) is 10.00. The fourth-order valence-corrected chi connectivity index (χ4v) is 7.93. The van der Waals surface area contributed by atoms with Crippen LogP contribution in [-0.2, 0) is 0 Å². The molecule has 0 N–H and O–H groups in total. The summed E-state index contributed by atoms with van der Waals surface area (Å²) < 4.78 is 0. The van der Waals surface area contributed by atoms with Crippen LogP contribution in [0.3, 0.4) is 0 Å². The number of fused-ring (bicyclic) bond motifs is 3. The van der Waals surface area contributed by atoms with Gasteiger partial charge in [-0.05, 0) is 21.9 Å². The summed E-state index contributed by atoms with van der Waals surface area (Å²) >= 11 is 0. The van der Waals surface area contributed by atoms with E-state index in [0.717, 1.165) is 28.2 Å². The lowest BCUT2D eigenvalue weighted by atomic mass is 9.97. The van der Waals surface area contributed by atoms with Crippen LogP contribution in [0.25, 0.3) is 44.9 Å². The number of hydrogen-bond donors (Lipinski definition) is 0. The van der Waals surface area contributed by atoms with Crippen LogP contribution in [0, 0.1) is 0 Å². The summed E-state index contributed by atoms with van der Waals surface area (Å²) in [5.74, 6) is 0.806. The van der Waals surface area contributed by atoms with Gasteiger partial charge in [-0.15, -0.1) is 0 Å². The molecule has 1 aliphatic rings. The standard InChI is InChI=1S/C30H24N2Si/c1-33(2)26-20-12-11-19-25(26)27-28(22-15-7-4-8-16-22)31-29(32-30(27)33)24-18-10-9-17-23(24)21-13-5-3-6-14-21/h3-20H,1-2H3. The van der Waals surface area contributed by atoms with E-state index in [1.807, 2.05) is 0 Å². The molecule has 33 heavy (non-hydrogen) atoms. The van der Waals surface area contributed by atoms with Gasteiger partial charge in [0.2, 0.25) is 0 Å². The maximum Gasteiger partial charge on any atom is 0.160 e. The van der Waals surface area contributed by atoms with Crippen LogP contribution in [0.4, 0.5) is 0 Å². The molecule has 4 aromatic carbocycles. The maximum atomic E-state index is 5.31. The quantitative estimate of drug-likeness (QED) is 0.309. The highest BCUT2D eigenvalue weighted by Gasteiger charge is 2.41. The Bertz CT molecular complexity index is 1470. The minimum Gasteiger partial charge on any atom is -0.237 e. The molecule has 1 aromatic heterocycles. The van der Waals surface area contributed by atoms with Crippen LogP contribution < -0.4 is 10.5 Å². The second kappa shape index (κ2) is 7.64. The zero-order valence-corrected chi connectivity index (χ0v) is 19.8. The van der Waals surface area contributed by atoms with Crippen molar-refractivity contribution in [3.8, 4) is 44.9 Å². The van der Waals surface area contributed by atoms with Crippen molar-refractivity contribution < 1.29 is 0 Å². The van der Waals surface area contributed by atoms with Crippen molar-refractivity contribution in [2.45, 2.75) is 13.1 Å².